The average molecular weight is 508 g/mol. The van der Waals surface area contributed by atoms with Crippen molar-refractivity contribution in [1.29, 1.82) is 0 Å². The number of nitrogens with zero attached hydrogens (tertiary/aromatic N) is 3. The smallest absolute Gasteiger partial charge is 0.280 e. The lowest BCUT2D eigenvalue weighted by atomic mass is 10.1. The molecule has 2 amide bonds. The van der Waals surface area contributed by atoms with Crippen LogP contribution >= 0.6 is 11.3 Å². The Morgan fingerprint density at radius 2 is 2.06 bits per heavy atom. The molecule has 3 heterocycles. The Kier molecular flexibility index (Phi) is 7.10. The Labute approximate surface area is 207 Å². The van der Waals surface area contributed by atoms with Gasteiger partial charge in [-0.1, -0.05) is 0 Å². The van der Waals surface area contributed by atoms with Gasteiger partial charge in [0, 0.05) is 36.3 Å². The van der Waals surface area contributed by atoms with Crippen LogP contribution in [-0.2, 0) is 0 Å². The molecule has 0 radical (unpaired) electrons. The van der Waals surface area contributed by atoms with Crippen molar-refractivity contribution in [3.05, 3.63) is 28.5 Å². The van der Waals surface area contributed by atoms with Crippen molar-refractivity contribution in [1.82, 2.24) is 20.2 Å². The summed E-state index contributed by atoms with van der Waals surface area (Å²) in [6, 6.07) is 1.19. The van der Waals surface area contributed by atoms with Crippen LogP contribution in [0.15, 0.2) is 12.3 Å². The number of nitrogens with one attached hydrogen (secondary N) is 2. The number of anilines is 1. The van der Waals surface area contributed by atoms with Crippen LogP contribution in [0.4, 0.5) is 14.6 Å². The molecular weight excluding hydrogens is 476 g/mol. The van der Waals surface area contributed by atoms with E-state index in [0.717, 1.165) is 21.8 Å². The zero-order chi connectivity index (χ0) is 25.5. The van der Waals surface area contributed by atoms with Gasteiger partial charge in [-0.15, -0.1) is 11.3 Å². The van der Waals surface area contributed by atoms with Gasteiger partial charge in [-0.3, -0.25) is 9.59 Å². The lowest BCUT2D eigenvalue weighted by Gasteiger charge is -2.20. The fourth-order valence-electron chi connectivity index (χ4n) is 4.67. The number of carbonyl (C=O) groups is 2. The molecule has 3 atom stereocenters. The van der Waals surface area contributed by atoms with Crippen LogP contribution in [0.25, 0.3) is 10.4 Å². The van der Waals surface area contributed by atoms with Crippen molar-refractivity contribution in [2.75, 3.05) is 11.9 Å². The highest BCUT2D eigenvalue weighted by Gasteiger charge is 2.46. The topological polar surface area (TPSA) is 107 Å². The number of rotatable bonds is 6. The highest BCUT2D eigenvalue weighted by atomic mass is 32.1. The van der Waals surface area contributed by atoms with Crippen LogP contribution in [-0.4, -0.2) is 68.5 Å². The van der Waals surface area contributed by atoms with Crippen molar-refractivity contribution in [2.24, 2.45) is 0 Å². The second kappa shape index (κ2) is 9.77. The van der Waals surface area contributed by atoms with E-state index in [1.54, 1.807) is 13.1 Å². The number of pyridine rings is 1. The predicted molar refractivity (Wildman–Crippen MR) is 130 cm³/mol. The highest BCUT2D eigenvalue weighted by Crippen LogP contribution is 2.37. The van der Waals surface area contributed by atoms with Crippen molar-refractivity contribution in [3.8, 4) is 10.4 Å². The zero-order valence-electron chi connectivity index (χ0n) is 20.3. The SMILES string of the molecule is Cc1cc(NC(C)C)ncc1-c1sc(C(=O)N[C@H]2CC[C@H](O)C2)nc1C(=O)N1CC(F)(F)C[C@@H]1C. The first kappa shape index (κ1) is 25.4. The van der Waals surface area contributed by atoms with E-state index < -0.39 is 42.8 Å². The molecule has 35 heavy (non-hydrogen) atoms. The van der Waals surface area contributed by atoms with Gasteiger partial charge in [-0.05, 0) is 58.6 Å². The molecule has 2 aromatic rings. The largest absolute Gasteiger partial charge is 0.393 e. The predicted octanol–water partition coefficient (Wildman–Crippen LogP) is 3.85. The summed E-state index contributed by atoms with van der Waals surface area (Å²) < 4.78 is 28.1. The molecule has 0 unspecified atom stereocenters. The number of aliphatic hydroxyl groups excluding tert-OH is 1. The molecular formula is C24H31F2N5O3S. The van der Waals surface area contributed by atoms with E-state index in [2.05, 4.69) is 20.6 Å². The third-order valence-corrected chi connectivity index (χ3v) is 7.43. The fourth-order valence-corrected chi connectivity index (χ4v) is 5.70. The second-order valence-electron chi connectivity index (χ2n) is 9.86. The van der Waals surface area contributed by atoms with E-state index >= 15 is 0 Å². The number of aromatic nitrogens is 2. The van der Waals surface area contributed by atoms with Crippen LogP contribution in [0, 0.1) is 6.92 Å². The van der Waals surface area contributed by atoms with Crippen molar-refractivity contribution >= 4 is 29.0 Å². The molecule has 11 heteroatoms. The minimum absolute atomic E-state index is 0.0226. The molecule has 1 saturated carbocycles. The van der Waals surface area contributed by atoms with Gasteiger partial charge in [0.05, 0.1) is 17.5 Å². The molecule has 2 aromatic heterocycles. The number of likely N-dealkylation sites (tertiary alicyclic amines) is 1. The van der Waals surface area contributed by atoms with Gasteiger partial charge in [-0.25, -0.2) is 18.7 Å². The van der Waals surface area contributed by atoms with E-state index in [9.17, 15) is 23.5 Å². The summed E-state index contributed by atoms with van der Waals surface area (Å²) in [5.41, 5.74) is 1.41. The first-order chi connectivity index (χ1) is 16.4. The molecule has 3 N–H and O–H groups in total. The molecule has 190 valence electrons. The van der Waals surface area contributed by atoms with Crippen LogP contribution in [0.3, 0.4) is 0 Å². The third-order valence-electron chi connectivity index (χ3n) is 6.34. The first-order valence-electron chi connectivity index (χ1n) is 11.9. The summed E-state index contributed by atoms with van der Waals surface area (Å²) in [6.45, 7) is 6.75. The van der Waals surface area contributed by atoms with Gasteiger partial charge in [0.2, 0.25) is 0 Å². The van der Waals surface area contributed by atoms with Crippen molar-refractivity contribution < 1.29 is 23.5 Å². The number of halogens is 2. The Balaban J connectivity index is 1.70. The number of hydrogen-bond acceptors (Lipinski definition) is 7. The standard InChI is InChI=1S/C24H31F2N5O3S/c1-12(2)28-18-7-13(3)17(10-27-18)20-19(23(34)31-11-24(25,26)9-14(31)4)30-22(35-20)21(33)29-15-5-6-16(32)8-15/h7,10,12,14-16,32H,5-6,8-9,11H2,1-4H3,(H,27,28)(H,29,33)/t14-,15-,16-/m0/s1. The molecule has 2 fully saturated rings. The minimum Gasteiger partial charge on any atom is -0.393 e. The Morgan fingerprint density at radius 1 is 1.31 bits per heavy atom. The van der Waals surface area contributed by atoms with Gasteiger partial charge in [-0.2, -0.15) is 0 Å². The van der Waals surface area contributed by atoms with Gasteiger partial charge < -0.3 is 20.6 Å². The maximum atomic E-state index is 14.0. The molecule has 0 bridgehead atoms. The summed E-state index contributed by atoms with van der Waals surface area (Å²) in [5, 5.41) is 15.9. The minimum atomic E-state index is -2.96. The zero-order valence-corrected chi connectivity index (χ0v) is 21.1. The number of amides is 2. The molecule has 0 spiro atoms. The molecule has 1 aliphatic heterocycles. The quantitative estimate of drug-likeness (QED) is 0.548. The molecule has 1 aliphatic carbocycles. The van der Waals surface area contributed by atoms with Gasteiger partial charge in [0.1, 0.15) is 11.5 Å². The maximum absolute atomic E-state index is 14.0. The fraction of sp³-hybridized carbons (Fsp3) is 0.583. The van der Waals surface area contributed by atoms with Crippen LogP contribution in [0.2, 0.25) is 0 Å². The summed E-state index contributed by atoms with van der Waals surface area (Å²) >= 11 is 1.05. The molecule has 0 aromatic carbocycles. The second-order valence-corrected chi connectivity index (χ2v) is 10.9. The Hall–Kier alpha value is -2.66. The van der Waals surface area contributed by atoms with E-state index in [-0.39, 0.29) is 22.8 Å². The van der Waals surface area contributed by atoms with Crippen LogP contribution in [0.5, 0.6) is 0 Å². The summed E-state index contributed by atoms with van der Waals surface area (Å²) in [7, 11) is 0. The highest BCUT2D eigenvalue weighted by molar-refractivity contribution is 7.17. The average Bonchev–Trinajstić information content (AvgIpc) is 3.44. The first-order valence-corrected chi connectivity index (χ1v) is 12.7. The van der Waals surface area contributed by atoms with Crippen molar-refractivity contribution in [3.63, 3.8) is 0 Å². The van der Waals surface area contributed by atoms with E-state index in [1.165, 1.54) is 0 Å². The maximum Gasteiger partial charge on any atom is 0.280 e. The summed E-state index contributed by atoms with van der Waals surface area (Å²) in [6.07, 6.45) is 2.48. The number of hydrogen-bond donors (Lipinski definition) is 3. The molecule has 1 saturated heterocycles. The van der Waals surface area contributed by atoms with E-state index in [4.69, 9.17) is 0 Å². The number of aryl methyl sites for hydroxylation is 1. The van der Waals surface area contributed by atoms with Gasteiger partial charge in [0.15, 0.2) is 5.01 Å². The van der Waals surface area contributed by atoms with Crippen molar-refractivity contribution in [2.45, 2.75) is 83.5 Å². The number of thiazole rings is 1. The van der Waals surface area contributed by atoms with E-state index in [1.807, 2.05) is 26.8 Å². The molecule has 4 rings (SSSR count). The monoisotopic (exact) mass is 507 g/mol. The molecule has 2 aliphatic rings. The Morgan fingerprint density at radius 3 is 2.63 bits per heavy atom. The lowest BCUT2D eigenvalue weighted by molar-refractivity contribution is 0.0118. The lowest BCUT2D eigenvalue weighted by Crippen LogP contribution is -2.36. The normalized spacial score (nSPS) is 23.7. The third kappa shape index (κ3) is 5.61. The van der Waals surface area contributed by atoms with Gasteiger partial charge >= 0.3 is 0 Å². The Bertz CT molecular complexity index is 1120. The van der Waals surface area contributed by atoms with Crippen LogP contribution < -0.4 is 10.6 Å². The summed E-state index contributed by atoms with van der Waals surface area (Å²) in [5.74, 6) is -3.36. The molecule has 8 nitrogen and oxygen atoms in total. The van der Waals surface area contributed by atoms with E-state index in [0.29, 0.717) is 35.5 Å². The number of carbonyl (C=O) groups excluding carboxylic acids is 2. The van der Waals surface area contributed by atoms with Gasteiger partial charge in [0.25, 0.3) is 17.7 Å². The summed E-state index contributed by atoms with van der Waals surface area (Å²) in [4.78, 5) is 36.7. The number of alkyl halides is 2. The number of aliphatic hydroxyl groups is 1. The van der Waals surface area contributed by atoms with Crippen LogP contribution in [0.1, 0.15) is 72.3 Å².